The number of nitrogens with two attached hydrogens (primary N) is 1. The van der Waals surface area contributed by atoms with Crippen LogP contribution < -0.4 is 11.1 Å². The number of aromatic nitrogens is 2. The highest BCUT2D eigenvalue weighted by Crippen LogP contribution is 2.20. The molecule has 24 heavy (non-hydrogen) atoms. The van der Waals surface area contributed by atoms with E-state index in [1.54, 1.807) is 42.6 Å². The summed E-state index contributed by atoms with van der Waals surface area (Å²) < 4.78 is 0. The second-order valence-electron chi connectivity index (χ2n) is 5.94. The van der Waals surface area contributed by atoms with Crippen molar-refractivity contribution in [1.29, 1.82) is 0 Å². The van der Waals surface area contributed by atoms with Crippen LogP contribution >= 0.6 is 0 Å². The van der Waals surface area contributed by atoms with Gasteiger partial charge < -0.3 is 16.0 Å². The van der Waals surface area contributed by atoms with E-state index < -0.39 is 0 Å². The summed E-state index contributed by atoms with van der Waals surface area (Å²) in [5.41, 5.74) is 8.43. The van der Waals surface area contributed by atoms with Crippen molar-refractivity contribution >= 4 is 34.1 Å². The van der Waals surface area contributed by atoms with Gasteiger partial charge >= 0.3 is 0 Å². The number of benzene rings is 1. The maximum Gasteiger partial charge on any atom is 0.255 e. The molecule has 3 rings (SSSR count). The van der Waals surface area contributed by atoms with Crippen molar-refractivity contribution in [3.05, 3.63) is 53.9 Å². The van der Waals surface area contributed by atoms with E-state index in [0.29, 0.717) is 28.3 Å². The third-order valence-corrected chi connectivity index (χ3v) is 3.69. The number of nitrogens with zero attached hydrogens (tertiary/aromatic N) is 1. The van der Waals surface area contributed by atoms with Crippen LogP contribution in [-0.2, 0) is 0 Å². The van der Waals surface area contributed by atoms with E-state index in [1.165, 1.54) is 0 Å². The molecule has 0 atom stereocenters. The number of carbonyl (C=O) groups excluding carboxylic acids is 2. The molecule has 2 heterocycles. The minimum Gasteiger partial charge on any atom is -0.399 e. The van der Waals surface area contributed by atoms with Crippen molar-refractivity contribution in [3.8, 4) is 0 Å². The van der Waals surface area contributed by atoms with Crippen LogP contribution in [0, 0.1) is 5.92 Å². The zero-order chi connectivity index (χ0) is 17.3. The Labute approximate surface area is 139 Å². The average molecular weight is 322 g/mol. The Morgan fingerprint density at radius 3 is 2.54 bits per heavy atom. The molecule has 2 aromatic heterocycles. The summed E-state index contributed by atoms with van der Waals surface area (Å²) in [6.07, 6.45) is 1.55. The minimum absolute atomic E-state index is 0.0282. The van der Waals surface area contributed by atoms with Gasteiger partial charge in [-0.1, -0.05) is 13.8 Å². The van der Waals surface area contributed by atoms with Gasteiger partial charge in [0.2, 0.25) is 0 Å². The summed E-state index contributed by atoms with van der Waals surface area (Å²) in [5.74, 6) is -0.312. The molecule has 0 unspecified atom stereocenters. The van der Waals surface area contributed by atoms with Crippen molar-refractivity contribution in [2.45, 2.75) is 13.8 Å². The second-order valence-corrected chi connectivity index (χ2v) is 5.94. The number of ketones is 1. The van der Waals surface area contributed by atoms with Gasteiger partial charge in [0.1, 0.15) is 5.65 Å². The zero-order valence-corrected chi connectivity index (χ0v) is 13.5. The molecule has 0 aliphatic heterocycles. The Morgan fingerprint density at radius 1 is 1.17 bits per heavy atom. The molecule has 0 aliphatic rings. The second kappa shape index (κ2) is 6.16. The number of rotatable bonds is 4. The summed E-state index contributed by atoms with van der Waals surface area (Å²) in [6.45, 7) is 3.69. The third-order valence-electron chi connectivity index (χ3n) is 3.69. The number of aromatic amines is 1. The quantitative estimate of drug-likeness (QED) is 0.507. The van der Waals surface area contributed by atoms with Crippen LogP contribution in [0.5, 0.6) is 0 Å². The number of hydrogen-bond donors (Lipinski definition) is 3. The highest BCUT2D eigenvalue weighted by atomic mass is 16.1. The van der Waals surface area contributed by atoms with E-state index in [9.17, 15) is 9.59 Å². The lowest BCUT2D eigenvalue weighted by Crippen LogP contribution is -2.11. The fourth-order valence-electron chi connectivity index (χ4n) is 2.37. The van der Waals surface area contributed by atoms with Crippen molar-refractivity contribution < 1.29 is 9.59 Å². The average Bonchev–Trinajstić information content (AvgIpc) is 2.97. The lowest BCUT2D eigenvalue weighted by Gasteiger charge is -2.05. The van der Waals surface area contributed by atoms with Crippen LogP contribution in [-0.4, -0.2) is 21.7 Å². The molecule has 0 fully saturated rings. The molecule has 0 aliphatic carbocycles. The van der Waals surface area contributed by atoms with Crippen molar-refractivity contribution in [2.75, 3.05) is 11.1 Å². The number of hydrogen-bond acceptors (Lipinski definition) is 4. The first-order valence-corrected chi connectivity index (χ1v) is 7.64. The molecular formula is C18H18N4O2. The third kappa shape index (κ3) is 3.12. The molecule has 0 bridgehead atoms. The van der Waals surface area contributed by atoms with Gasteiger partial charge in [0.25, 0.3) is 5.91 Å². The Hall–Kier alpha value is -3.15. The SMILES string of the molecule is CC(C)C(=O)c1cc2cc(NC(=O)c3ccc(N)cc3)cnc2[nH]1. The molecule has 4 N–H and O–H groups in total. The summed E-state index contributed by atoms with van der Waals surface area (Å²) >= 11 is 0. The van der Waals surface area contributed by atoms with Crippen molar-refractivity contribution in [3.63, 3.8) is 0 Å². The van der Waals surface area contributed by atoms with Crippen molar-refractivity contribution in [1.82, 2.24) is 9.97 Å². The zero-order valence-electron chi connectivity index (χ0n) is 13.5. The van der Waals surface area contributed by atoms with Gasteiger partial charge in [-0.05, 0) is 36.4 Å². The molecule has 0 radical (unpaired) electrons. The standard InChI is InChI=1S/C18H18N4O2/c1-10(2)16(23)15-8-12-7-14(9-20-17(12)22-15)21-18(24)11-3-5-13(19)6-4-11/h3-10H,19H2,1-2H3,(H,20,22)(H,21,24). The van der Waals surface area contributed by atoms with Crippen LogP contribution in [0.25, 0.3) is 11.0 Å². The Morgan fingerprint density at radius 2 is 1.88 bits per heavy atom. The highest BCUT2D eigenvalue weighted by Gasteiger charge is 2.14. The van der Waals surface area contributed by atoms with Gasteiger partial charge in [-0.25, -0.2) is 4.98 Å². The molecule has 6 nitrogen and oxygen atoms in total. The van der Waals surface area contributed by atoms with Gasteiger partial charge in [-0.2, -0.15) is 0 Å². The summed E-state index contributed by atoms with van der Waals surface area (Å²) in [5, 5.41) is 3.56. The first-order valence-electron chi connectivity index (χ1n) is 7.64. The summed E-state index contributed by atoms with van der Waals surface area (Å²) in [4.78, 5) is 31.5. The van der Waals surface area contributed by atoms with E-state index in [1.807, 2.05) is 13.8 Å². The largest absolute Gasteiger partial charge is 0.399 e. The molecule has 3 aromatic rings. The topological polar surface area (TPSA) is 101 Å². The number of nitrogen functional groups attached to an aromatic ring is 1. The first kappa shape index (κ1) is 15.7. The Bertz CT molecular complexity index is 910. The van der Waals surface area contributed by atoms with E-state index in [4.69, 9.17) is 5.73 Å². The Balaban J connectivity index is 1.84. The maximum atomic E-state index is 12.2. The molecule has 122 valence electrons. The van der Waals surface area contributed by atoms with E-state index in [0.717, 1.165) is 5.39 Å². The highest BCUT2D eigenvalue weighted by molar-refractivity contribution is 6.05. The van der Waals surface area contributed by atoms with Crippen LogP contribution in [0.4, 0.5) is 11.4 Å². The number of amides is 1. The number of Topliss-reactive ketones (excluding diaryl/α,β-unsaturated/α-hetero) is 1. The van der Waals surface area contributed by atoms with E-state index in [2.05, 4.69) is 15.3 Å². The molecule has 0 spiro atoms. The van der Waals surface area contributed by atoms with Crippen molar-refractivity contribution in [2.24, 2.45) is 5.92 Å². The molecule has 6 heteroatoms. The molecule has 1 aromatic carbocycles. The van der Waals surface area contributed by atoms with Crippen LogP contribution in [0.2, 0.25) is 0 Å². The first-order chi connectivity index (χ1) is 11.4. The normalized spacial score (nSPS) is 11.0. The predicted octanol–water partition coefficient (Wildman–Crippen LogP) is 3.24. The van der Waals surface area contributed by atoms with Crippen LogP contribution in [0.1, 0.15) is 34.7 Å². The number of nitrogens with one attached hydrogen (secondary N) is 2. The monoisotopic (exact) mass is 322 g/mol. The fourth-order valence-corrected chi connectivity index (χ4v) is 2.37. The van der Waals surface area contributed by atoms with E-state index in [-0.39, 0.29) is 17.6 Å². The van der Waals surface area contributed by atoms with Gasteiger partial charge in [-0.15, -0.1) is 0 Å². The van der Waals surface area contributed by atoms with Gasteiger partial charge in [0, 0.05) is 22.6 Å². The lowest BCUT2D eigenvalue weighted by molar-refractivity contribution is 0.0934. The summed E-state index contributed by atoms with van der Waals surface area (Å²) in [6, 6.07) is 10.2. The molecule has 1 amide bonds. The summed E-state index contributed by atoms with van der Waals surface area (Å²) in [7, 11) is 0. The van der Waals surface area contributed by atoms with Crippen LogP contribution in [0.15, 0.2) is 42.6 Å². The minimum atomic E-state index is -0.245. The van der Waals surface area contributed by atoms with Gasteiger partial charge in [-0.3, -0.25) is 9.59 Å². The maximum absolute atomic E-state index is 12.2. The molecule has 0 saturated heterocycles. The fraction of sp³-hybridized carbons (Fsp3) is 0.167. The smallest absolute Gasteiger partial charge is 0.255 e. The molecular weight excluding hydrogens is 304 g/mol. The number of fused-ring (bicyclic) bond motifs is 1. The lowest BCUT2D eigenvalue weighted by atomic mass is 10.1. The predicted molar refractivity (Wildman–Crippen MR) is 94.1 cm³/mol. The van der Waals surface area contributed by atoms with Gasteiger partial charge in [0.15, 0.2) is 5.78 Å². The van der Waals surface area contributed by atoms with Crippen LogP contribution in [0.3, 0.4) is 0 Å². The Kier molecular flexibility index (Phi) is 4.04. The number of pyridine rings is 1. The number of H-pyrrole nitrogens is 1. The molecule has 0 saturated carbocycles. The van der Waals surface area contributed by atoms with E-state index >= 15 is 0 Å². The van der Waals surface area contributed by atoms with Gasteiger partial charge in [0.05, 0.1) is 17.6 Å². The number of anilines is 2. The number of carbonyl (C=O) groups is 2.